The Hall–Kier alpha value is -1.09. The van der Waals surface area contributed by atoms with Crippen LogP contribution in [-0.4, -0.2) is 11.2 Å². The minimum atomic E-state index is 0.398. The quantitative estimate of drug-likeness (QED) is 0.634. The van der Waals surface area contributed by atoms with Gasteiger partial charge >= 0.3 is 0 Å². The summed E-state index contributed by atoms with van der Waals surface area (Å²) >= 11 is 5.01. The van der Waals surface area contributed by atoms with Gasteiger partial charge in [0.2, 0.25) is 0 Å². The maximum atomic E-state index is 5.66. The fourth-order valence-corrected chi connectivity index (χ4v) is 2.18. The number of hydrogen-bond acceptors (Lipinski definition) is 1. The van der Waals surface area contributed by atoms with Crippen molar-refractivity contribution in [1.82, 2.24) is 0 Å². The predicted octanol–water partition coefficient (Wildman–Crippen LogP) is 1.68. The Kier molecular flexibility index (Phi) is 1.96. The zero-order chi connectivity index (χ0) is 9.42. The van der Waals surface area contributed by atoms with Crippen LogP contribution in [-0.2, 0) is 6.42 Å². The molecule has 1 aliphatic heterocycles. The Balaban J connectivity index is 2.46. The highest BCUT2D eigenvalue weighted by Gasteiger charge is 2.26. The number of nitrogens with two attached hydrogens (primary N) is 1. The second-order valence-corrected chi connectivity index (χ2v) is 3.81. The van der Waals surface area contributed by atoms with E-state index in [-0.39, 0.29) is 0 Å². The molecule has 0 spiro atoms. The van der Waals surface area contributed by atoms with Gasteiger partial charge in [-0.3, -0.25) is 0 Å². The Bertz CT molecular complexity index is 349. The Morgan fingerprint density at radius 3 is 2.92 bits per heavy atom. The lowest BCUT2D eigenvalue weighted by Gasteiger charge is -2.22. The SMILES string of the molecule is CC1Cc2ccccc2N1C(N)=S. The number of benzene rings is 1. The van der Waals surface area contributed by atoms with Crippen LogP contribution in [0.3, 0.4) is 0 Å². The average Bonchev–Trinajstić information content (AvgIpc) is 2.39. The van der Waals surface area contributed by atoms with E-state index in [4.69, 9.17) is 18.0 Å². The summed E-state index contributed by atoms with van der Waals surface area (Å²) in [6.07, 6.45) is 1.04. The van der Waals surface area contributed by atoms with Gasteiger partial charge in [0, 0.05) is 11.7 Å². The van der Waals surface area contributed by atoms with Crippen LogP contribution in [0.4, 0.5) is 5.69 Å². The number of hydrogen-bond donors (Lipinski definition) is 1. The molecule has 0 aliphatic carbocycles. The summed E-state index contributed by atoms with van der Waals surface area (Å²) in [4.78, 5) is 2.02. The molecule has 2 N–H and O–H groups in total. The van der Waals surface area contributed by atoms with Crippen LogP contribution in [0.25, 0.3) is 0 Å². The first-order valence-electron chi connectivity index (χ1n) is 4.36. The van der Waals surface area contributed by atoms with Gasteiger partial charge < -0.3 is 10.6 Å². The molecule has 0 fully saturated rings. The highest BCUT2D eigenvalue weighted by molar-refractivity contribution is 7.80. The third-order valence-corrected chi connectivity index (χ3v) is 2.64. The molecule has 3 heteroatoms. The zero-order valence-electron chi connectivity index (χ0n) is 7.53. The number of para-hydroxylation sites is 1. The number of rotatable bonds is 0. The first-order valence-corrected chi connectivity index (χ1v) is 4.77. The minimum Gasteiger partial charge on any atom is -0.376 e. The molecular weight excluding hydrogens is 180 g/mol. The van der Waals surface area contributed by atoms with E-state index in [0.717, 1.165) is 6.42 Å². The van der Waals surface area contributed by atoms with Crippen molar-refractivity contribution in [3.05, 3.63) is 29.8 Å². The van der Waals surface area contributed by atoms with E-state index in [1.165, 1.54) is 11.3 Å². The van der Waals surface area contributed by atoms with Crippen molar-refractivity contribution in [3.63, 3.8) is 0 Å². The van der Waals surface area contributed by atoms with Gasteiger partial charge in [0.05, 0.1) is 0 Å². The van der Waals surface area contributed by atoms with Crippen molar-refractivity contribution in [2.75, 3.05) is 4.90 Å². The molecule has 1 aliphatic rings. The zero-order valence-corrected chi connectivity index (χ0v) is 8.34. The van der Waals surface area contributed by atoms with E-state index in [1.54, 1.807) is 0 Å². The first-order chi connectivity index (χ1) is 6.20. The number of anilines is 1. The van der Waals surface area contributed by atoms with Gasteiger partial charge in [-0.25, -0.2) is 0 Å². The molecule has 1 heterocycles. The highest BCUT2D eigenvalue weighted by atomic mass is 32.1. The van der Waals surface area contributed by atoms with Gasteiger partial charge in [-0.05, 0) is 37.2 Å². The summed E-state index contributed by atoms with van der Waals surface area (Å²) in [6.45, 7) is 2.14. The van der Waals surface area contributed by atoms with Crippen molar-refractivity contribution in [2.45, 2.75) is 19.4 Å². The molecule has 1 atom stereocenters. The van der Waals surface area contributed by atoms with Crippen LogP contribution in [0.5, 0.6) is 0 Å². The molecule has 0 saturated heterocycles. The topological polar surface area (TPSA) is 29.3 Å². The van der Waals surface area contributed by atoms with Crippen LogP contribution in [0.15, 0.2) is 24.3 Å². The molecule has 0 bridgehead atoms. The molecule has 0 amide bonds. The standard InChI is InChI=1S/C10H12N2S/c1-7-6-8-4-2-3-5-9(8)12(7)10(11)13/h2-5,7H,6H2,1H3,(H2,11,13). The second kappa shape index (κ2) is 3.00. The van der Waals surface area contributed by atoms with Gasteiger partial charge in [0.15, 0.2) is 5.11 Å². The maximum absolute atomic E-state index is 5.66. The van der Waals surface area contributed by atoms with Crippen LogP contribution in [0.1, 0.15) is 12.5 Å². The van der Waals surface area contributed by atoms with Gasteiger partial charge in [0.25, 0.3) is 0 Å². The van der Waals surface area contributed by atoms with Crippen molar-refractivity contribution < 1.29 is 0 Å². The summed E-state index contributed by atoms with van der Waals surface area (Å²) in [5, 5.41) is 0.470. The third kappa shape index (κ3) is 1.29. The maximum Gasteiger partial charge on any atom is 0.171 e. The third-order valence-electron chi connectivity index (χ3n) is 2.44. The van der Waals surface area contributed by atoms with E-state index in [0.29, 0.717) is 11.2 Å². The van der Waals surface area contributed by atoms with Crippen LogP contribution < -0.4 is 10.6 Å². The van der Waals surface area contributed by atoms with Crippen molar-refractivity contribution in [1.29, 1.82) is 0 Å². The molecule has 2 nitrogen and oxygen atoms in total. The summed E-state index contributed by atoms with van der Waals surface area (Å²) in [7, 11) is 0. The van der Waals surface area contributed by atoms with Crippen molar-refractivity contribution in [3.8, 4) is 0 Å². The Morgan fingerprint density at radius 2 is 2.23 bits per heavy atom. The van der Waals surface area contributed by atoms with E-state index in [9.17, 15) is 0 Å². The van der Waals surface area contributed by atoms with Gasteiger partial charge in [-0.2, -0.15) is 0 Å². The molecule has 68 valence electrons. The largest absolute Gasteiger partial charge is 0.376 e. The number of nitrogens with zero attached hydrogens (tertiary/aromatic N) is 1. The number of fused-ring (bicyclic) bond motifs is 1. The van der Waals surface area contributed by atoms with E-state index in [2.05, 4.69) is 25.1 Å². The molecule has 2 rings (SSSR count). The van der Waals surface area contributed by atoms with Gasteiger partial charge in [0.1, 0.15) is 0 Å². The smallest absolute Gasteiger partial charge is 0.171 e. The number of thiocarbonyl (C=S) groups is 1. The summed E-state index contributed by atoms with van der Waals surface area (Å²) in [5.41, 5.74) is 8.17. The van der Waals surface area contributed by atoms with Crippen LogP contribution in [0.2, 0.25) is 0 Å². The highest BCUT2D eigenvalue weighted by Crippen LogP contribution is 2.31. The van der Waals surface area contributed by atoms with E-state index >= 15 is 0 Å². The molecule has 0 radical (unpaired) electrons. The van der Waals surface area contributed by atoms with Crippen LogP contribution >= 0.6 is 12.2 Å². The lowest BCUT2D eigenvalue weighted by atomic mass is 10.1. The average molecular weight is 192 g/mol. The summed E-state index contributed by atoms with van der Waals surface area (Å²) < 4.78 is 0. The summed E-state index contributed by atoms with van der Waals surface area (Å²) in [5.74, 6) is 0. The fraction of sp³-hybridized carbons (Fsp3) is 0.300. The molecular formula is C10H12N2S. The summed E-state index contributed by atoms with van der Waals surface area (Å²) in [6, 6.07) is 8.66. The van der Waals surface area contributed by atoms with Crippen molar-refractivity contribution in [2.24, 2.45) is 5.73 Å². The minimum absolute atomic E-state index is 0.398. The molecule has 0 aromatic heterocycles. The van der Waals surface area contributed by atoms with Crippen LogP contribution in [0, 0.1) is 0 Å². The molecule has 0 saturated carbocycles. The first kappa shape index (κ1) is 8.51. The molecule has 1 unspecified atom stereocenters. The second-order valence-electron chi connectivity index (χ2n) is 3.39. The lowest BCUT2D eigenvalue weighted by molar-refractivity contribution is 0.774. The Labute approximate surface area is 83.3 Å². The predicted molar refractivity (Wildman–Crippen MR) is 58.9 cm³/mol. The molecule has 1 aromatic rings. The van der Waals surface area contributed by atoms with Gasteiger partial charge in [-0.15, -0.1) is 0 Å². The molecule has 1 aromatic carbocycles. The van der Waals surface area contributed by atoms with Gasteiger partial charge in [-0.1, -0.05) is 18.2 Å². The monoisotopic (exact) mass is 192 g/mol. The normalized spacial score (nSPS) is 20.1. The van der Waals surface area contributed by atoms with E-state index in [1.807, 2.05) is 11.0 Å². The van der Waals surface area contributed by atoms with E-state index < -0.39 is 0 Å². The fourth-order valence-electron chi connectivity index (χ4n) is 1.90. The Morgan fingerprint density at radius 1 is 1.54 bits per heavy atom. The lowest BCUT2D eigenvalue weighted by Crippen LogP contribution is -2.39. The molecule has 13 heavy (non-hydrogen) atoms. The van der Waals surface area contributed by atoms with Crippen molar-refractivity contribution >= 4 is 23.0 Å².